The molecule has 6 nitrogen and oxygen atoms in total. The van der Waals surface area contributed by atoms with Crippen molar-refractivity contribution in [1.82, 2.24) is 4.90 Å². The largest absolute Gasteiger partial charge is 0.373 e. The smallest absolute Gasteiger partial charge is 0.225 e. The molecule has 3 heterocycles. The van der Waals surface area contributed by atoms with Gasteiger partial charge in [-0.15, -0.1) is 0 Å². The molecule has 4 rings (SSSR count). The number of methoxy groups -OCH3 is 1. The molecule has 4 fully saturated rings. The molecule has 5 atom stereocenters. The fourth-order valence-corrected chi connectivity index (χ4v) is 4.65. The lowest BCUT2D eigenvalue weighted by molar-refractivity contribution is -0.142. The number of ketones is 1. The number of nitrogens with zero attached hydrogens (tertiary/aromatic N) is 1. The lowest BCUT2D eigenvalue weighted by Crippen LogP contribution is -2.53. The maximum Gasteiger partial charge on any atom is 0.225 e. The molecule has 128 valence electrons. The van der Waals surface area contributed by atoms with Gasteiger partial charge in [0.1, 0.15) is 17.3 Å². The second-order valence-corrected chi connectivity index (χ2v) is 7.54. The topological polar surface area (TPSA) is 71.7 Å². The van der Waals surface area contributed by atoms with Crippen LogP contribution in [0, 0.1) is 5.92 Å². The van der Waals surface area contributed by atoms with Gasteiger partial charge in [-0.3, -0.25) is 9.59 Å². The van der Waals surface area contributed by atoms with Crippen LogP contribution in [0.4, 0.5) is 0 Å². The average molecular weight is 323 g/mol. The van der Waals surface area contributed by atoms with E-state index in [1.54, 1.807) is 7.11 Å². The highest BCUT2D eigenvalue weighted by molar-refractivity contribution is 5.85. The van der Waals surface area contributed by atoms with Crippen molar-refractivity contribution in [3.63, 3.8) is 0 Å². The number of amides is 1. The fourth-order valence-electron chi connectivity index (χ4n) is 4.65. The number of Topliss-reactive ketones (excluding diaryl/α,β-unsaturated/α-hetero) is 1. The number of hydrogen-bond donors (Lipinski definition) is 0. The molecule has 0 aromatic carbocycles. The maximum atomic E-state index is 12.4. The van der Waals surface area contributed by atoms with Gasteiger partial charge in [0.15, 0.2) is 5.78 Å². The summed E-state index contributed by atoms with van der Waals surface area (Å²) in [6, 6.07) is 0. The number of carbonyl (C=O) groups is 2. The van der Waals surface area contributed by atoms with Gasteiger partial charge in [0.05, 0.1) is 25.0 Å². The molecular weight excluding hydrogens is 298 g/mol. The van der Waals surface area contributed by atoms with Gasteiger partial charge >= 0.3 is 0 Å². The van der Waals surface area contributed by atoms with Crippen molar-refractivity contribution < 1.29 is 23.8 Å². The number of epoxide rings is 2. The summed E-state index contributed by atoms with van der Waals surface area (Å²) >= 11 is 0. The van der Waals surface area contributed by atoms with Crippen LogP contribution in [0.25, 0.3) is 0 Å². The monoisotopic (exact) mass is 323 g/mol. The van der Waals surface area contributed by atoms with Crippen molar-refractivity contribution >= 4 is 11.7 Å². The lowest BCUT2D eigenvalue weighted by Gasteiger charge is -2.37. The molecule has 4 aliphatic rings. The van der Waals surface area contributed by atoms with Crippen LogP contribution < -0.4 is 0 Å². The molecule has 1 aliphatic carbocycles. The predicted octanol–water partition coefficient (Wildman–Crippen LogP) is 0.919. The first kappa shape index (κ1) is 15.5. The molecular formula is C17H25NO5. The summed E-state index contributed by atoms with van der Waals surface area (Å²) < 4.78 is 17.2. The van der Waals surface area contributed by atoms with Gasteiger partial charge in [-0.2, -0.15) is 0 Å². The molecule has 1 amide bonds. The highest BCUT2D eigenvalue weighted by atomic mass is 16.6. The Hall–Kier alpha value is -0.980. The minimum Gasteiger partial charge on any atom is -0.373 e. The van der Waals surface area contributed by atoms with E-state index in [9.17, 15) is 9.59 Å². The van der Waals surface area contributed by atoms with Crippen molar-refractivity contribution in [1.29, 1.82) is 0 Å². The van der Waals surface area contributed by atoms with Crippen molar-refractivity contribution in [3.05, 3.63) is 0 Å². The summed E-state index contributed by atoms with van der Waals surface area (Å²) in [7, 11) is 1.58. The third kappa shape index (κ3) is 2.42. The Morgan fingerprint density at radius 2 is 2.09 bits per heavy atom. The van der Waals surface area contributed by atoms with Gasteiger partial charge in [0.25, 0.3) is 0 Å². The molecule has 0 aromatic heterocycles. The molecule has 1 saturated carbocycles. The lowest BCUT2D eigenvalue weighted by atomic mass is 9.69. The summed E-state index contributed by atoms with van der Waals surface area (Å²) in [5, 5.41) is 0. The van der Waals surface area contributed by atoms with E-state index in [0.29, 0.717) is 19.4 Å². The van der Waals surface area contributed by atoms with Crippen LogP contribution in [0.15, 0.2) is 0 Å². The third-order valence-corrected chi connectivity index (χ3v) is 6.17. The molecule has 3 saturated heterocycles. The van der Waals surface area contributed by atoms with Gasteiger partial charge in [0.2, 0.25) is 5.91 Å². The summed E-state index contributed by atoms with van der Waals surface area (Å²) in [6.45, 7) is 4.39. The first-order valence-corrected chi connectivity index (χ1v) is 8.65. The Morgan fingerprint density at radius 3 is 2.70 bits per heavy atom. The quantitative estimate of drug-likeness (QED) is 0.720. The SMILES string of the molecule is CO[C@@H]1C(=O)CC[C@]2(CO2)[C@H]1[C@]1(C)O[C@@H]1CC(=O)N1CCCC1. The van der Waals surface area contributed by atoms with E-state index in [1.165, 1.54) is 0 Å². The normalized spacial score (nSPS) is 45.6. The molecule has 0 bridgehead atoms. The second-order valence-electron chi connectivity index (χ2n) is 7.54. The number of likely N-dealkylation sites (tertiary alicyclic amines) is 1. The Labute approximate surface area is 136 Å². The molecule has 0 unspecified atom stereocenters. The van der Waals surface area contributed by atoms with Crippen molar-refractivity contribution in [3.8, 4) is 0 Å². The van der Waals surface area contributed by atoms with E-state index in [-0.39, 0.29) is 29.3 Å². The highest BCUT2D eigenvalue weighted by Crippen LogP contribution is 2.58. The zero-order chi connectivity index (χ0) is 16.2. The summed E-state index contributed by atoms with van der Waals surface area (Å²) in [4.78, 5) is 26.5. The summed E-state index contributed by atoms with van der Waals surface area (Å²) in [6.07, 6.45) is 3.20. The first-order chi connectivity index (χ1) is 11.0. The van der Waals surface area contributed by atoms with Crippen LogP contribution >= 0.6 is 0 Å². The van der Waals surface area contributed by atoms with E-state index in [4.69, 9.17) is 14.2 Å². The van der Waals surface area contributed by atoms with E-state index < -0.39 is 11.7 Å². The Bertz CT molecular complexity index is 525. The molecule has 0 aromatic rings. The molecule has 1 spiro atoms. The zero-order valence-corrected chi connectivity index (χ0v) is 13.9. The van der Waals surface area contributed by atoms with Crippen LogP contribution in [-0.2, 0) is 23.8 Å². The minimum absolute atomic E-state index is 0.113. The van der Waals surface area contributed by atoms with Gasteiger partial charge in [-0.25, -0.2) is 0 Å². The maximum absolute atomic E-state index is 12.4. The van der Waals surface area contributed by atoms with Crippen LogP contribution in [0.5, 0.6) is 0 Å². The van der Waals surface area contributed by atoms with Crippen molar-refractivity contribution in [2.45, 2.75) is 62.4 Å². The standard InChI is InChI=1S/C17H25NO5/c1-16(12(23-16)9-13(20)18-7-3-4-8-18)15-14(21-2)11(19)5-6-17(15)10-22-17/h12,14-15H,3-10H2,1-2H3/t12-,14-,15-,16-,17+/m1/s1. The summed E-state index contributed by atoms with van der Waals surface area (Å²) in [5.41, 5.74) is -0.780. The molecule has 0 radical (unpaired) electrons. The van der Waals surface area contributed by atoms with E-state index >= 15 is 0 Å². The van der Waals surface area contributed by atoms with Gasteiger partial charge in [-0.1, -0.05) is 0 Å². The number of hydrogen-bond acceptors (Lipinski definition) is 5. The Morgan fingerprint density at radius 1 is 1.39 bits per heavy atom. The molecule has 6 heteroatoms. The number of carbonyl (C=O) groups excluding carboxylic acids is 2. The van der Waals surface area contributed by atoms with Crippen LogP contribution in [0.1, 0.15) is 39.0 Å². The van der Waals surface area contributed by atoms with Crippen molar-refractivity contribution in [2.75, 3.05) is 26.8 Å². The molecule has 23 heavy (non-hydrogen) atoms. The van der Waals surface area contributed by atoms with Crippen molar-refractivity contribution in [2.24, 2.45) is 5.92 Å². The second kappa shape index (κ2) is 5.26. The highest BCUT2D eigenvalue weighted by Gasteiger charge is 2.72. The molecule has 3 aliphatic heterocycles. The summed E-state index contributed by atoms with van der Waals surface area (Å²) in [5.74, 6) is 0.177. The Kier molecular flexibility index (Phi) is 3.55. The number of ether oxygens (including phenoxy) is 3. The van der Waals surface area contributed by atoms with Gasteiger partial charge < -0.3 is 19.1 Å². The third-order valence-electron chi connectivity index (χ3n) is 6.17. The van der Waals surface area contributed by atoms with Crippen LogP contribution in [0.3, 0.4) is 0 Å². The first-order valence-electron chi connectivity index (χ1n) is 8.65. The fraction of sp³-hybridized carbons (Fsp3) is 0.882. The van der Waals surface area contributed by atoms with E-state index in [2.05, 4.69) is 0 Å². The Balaban J connectivity index is 1.48. The molecule has 0 N–H and O–H groups in total. The predicted molar refractivity (Wildman–Crippen MR) is 80.9 cm³/mol. The number of rotatable bonds is 4. The van der Waals surface area contributed by atoms with Gasteiger partial charge in [0, 0.05) is 26.6 Å². The zero-order valence-electron chi connectivity index (χ0n) is 13.9. The average Bonchev–Trinajstić information content (AvgIpc) is 3.34. The van der Waals surface area contributed by atoms with E-state index in [0.717, 1.165) is 32.4 Å². The van der Waals surface area contributed by atoms with Crippen LogP contribution in [0.2, 0.25) is 0 Å². The minimum atomic E-state index is -0.497. The van der Waals surface area contributed by atoms with E-state index in [1.807, 2.05) is 11.8 Å². The van der Waals surface area contributed by atoms with Crippen LogP contribution in [-0.4, -0.2) is 66.8 Å². The van der Waals surface area contributed by atoms with Gasteiger partial charge in [-0.05, 0) is 26.2 Å².